The van der Waals surface area contributed by atoms with Crippen molar-refractivity contribution in [2.75, 3.05) is 19.8 Å². The van der Waals surface area contributed by atoms with Gasteiger partial charge in [0.15, 0.2) is 0 Å². The molecule has 0 bridgehead atoms. The third kappa shape index (κ3) is 8.98. The van der Waals surface area contributed by atoms with Crippen molar-refractivity contribution in [3.05, 3.63) is 46.0 Å². The molecule has 1 aromatic rings. The van der Waals surface area contributed by atoms with E-state index < -0.39 is 23.8 Å². The average Bonchev–Trinajstić information content (AvgIpc) is 2.69. The van der Waals surface area contributed by atoms with Crippen LogP contribution in [0.5, 0.6) is 0 Å². The summed E-state index contributed by atoms with van der Waals surface area (Å²) in [6, 6.07) is 4.21. The van der Waals surface area contributed by atoms with E-state index in [1.165, 1.54) is 12.1 Å². The molecular formula is C21H26Cl2N2O6. The van der Waals surface area contributed by atoms with E-state index in [1.807, 2.05) is 0 Å². The lowest BCUT2D eigenvalue weighted by Gasteiger charge is -2.19. The molecular weight excluding hydrogens is 447 g/mol. The number of ether oxygens (including phenoxy) is 2. The van der Waals surface area contributed by atoms with E-state index in [2.05, 4.69) is 17.2 Å². The molecule has 10 heteroatoms. The molecule has 0 aromatic heterocycles. The zero-order valence-electron chi connectivity index (χ0n) is 17.6. The lowest BCUT2D eigenvalue weighted by molar-refractivity contribution is -0.143. The molecule has 0 heterocycles. The first-order chi connectivity index (χ1) is 14.6. The van der Waals surface area contributed by atoms with Crippen LogP contribution < -0.4 is 10.6 Å². The first-order valence-corrected chi connectivity index (χ1v) is 10.3. The second kappa shape index (κ2) is 13.0. The van der Waals surface area contributed by atoms with Gasteiger partial charge in [-0.1, -0.05) is 42.8 Å². The number of carbonyl (C=O) groups excluding carboxylic acids is 4. The molecule has 0 aliphatic rings. The Labute approximate surface area is 191 Å². The van der Waals surface area contributed by atoms with Gasteiger partial charge in [0.05, 0.1) is 22.2 Å². The molecule has 0 radical (unpaired) electrons. The molecule has 8 nitrogen and oxygen atoms in total. The Morgan fingerprint density at radius 2 is 1.71 bits per heavy atom. The van der Waals surface area contributed by atoms with Gasteiger partial charge in [0.1, 0.15) is 13.2 Å². The van der Waals surface area contributed by atoms with Gasteiger partial charge in [-0.3, -0.25) is 14.4 Å². The van der Waals surface area contributed by atoms with Gasteiger partial charge in [-0.2, -0.15) is 0 Å². The molecule has 2 amide bonds. The molecule has 2 unspecified atom stereocenters. The van der Waals surface area contributed by atoms with Gasteiger partial charge in [0.2, 0.25) is 11.8 Å². The minimum atomic E-state index is -0.774. The van der Waals surface area contributed by atoms with Crippen molar-refractivity contribution in [2.24, 2.45) is 5.92 Å². The minimum absolute atomic E-state index is 0.00932. The largest absolute Gasteiger partial charge is 0.465 e. The van der Waals surface area contributed by atoms with Crippen molar-refractivity contribution in [3.8, 4) is 0 Å². The van der Waals surface area contributed by atoms with Crippen LogP contribution in [0.3, 0.4) is 0 Å². The Bertz CT molecular complexity index is 823. The fourth-order valence-electron chi connectivity index (χ4n) is 2.55. The highest BCUT2D eigenvalue weighted by atomic mass is 35.5. The Balaban J connectivity index is 2.46. The predicted molar refractivity (Wildman–Crippen MR) is 117 cm³/mol. The second-order valence-corrected chi connectivity index (χ2v) is 7.62. The molecule has 170 valence electrons. The second-order valence-electron chi connectivity index (χ2n) is 6.81. The fraction of sp³-hybridized carbons (Fsp3) is 0.429. The van der Waals surface area contributed by atoms with E-state index in [4.69, 9.17) is 32.7 Å². The molecule has 0 saturated carbocycles. The number of rotatable bonds is 11. The number of benzene rings is 1. The molecule has 1 rings (SSSR count). The summed E-state index contributed by atoms with van der Waals surface area (Å²) in [5, 5.41) is 5.44. The Morgan fingerprint density at radius 1 is 1.10 bits per heavy atom. The normalized spacial score (nSPS) is 12.3. The summed E-state index contributed by atoms with van der Waals surface area (Å²) < 4.78 is 9.81. The number of nitrogens with one attached hydrogen (secondary N) is 2. The van der Waals surface area contributed by atoms with Gasteiger partial charge in [-0.25, -0.2) is 4.79 Å². The number of esters is 2. The first-order valence-electron chi connectivity index (χ1n) is 9.59. The highest BCUT2D eigenvalue weighted by Gasteiger charge is 2.21. The summed E-state index contributed by atoms with van der Waals surface area (Å²) in [4.78, 5) is 47.8. The van der Waals surface area contributed by atoms with E-state index in [0.717, 1.165) is 0 Å². The smallest absolute Gasteiger partial charge is 0.341 e. The molecule has 31 heavy (non-hydrogen) atoms. The average molecular weight is 473 g/mol. The zero-order valence-corrected chi connectivity index (χ0v) is 19.1. The summed E-state index contributed by atoms with van der Waals surface area (Å²) in [6.45, 7) is 8.35. The van der Waals surface area contributed by atoms with Gasteiger partial charge in [-0.15, -0.1) is 0 Å². The van der Waals surface area contributed by atoms with E-state index >= 15 is 0 Å². The molecule has 0 saturated heterocycles. The van der Waals surface area contributed by atoms with Crippen LogP contribution >= 0.6 is 23.2 Å². The van der Waals surface area contributed by atoms with Crippen LogP contribution in [-0.4, -0.2) is 49.6 Å². The van der Waals surface area contributed by atoms with Crippen LogP contribution in [0.1, 0.15) is 37.6 Å². The van der Waals surface area contributed by atoms with Gasteiger partial charge in [0, 0.05) is 17.5 Å². The molecule has 1 aromatic carbocycles. The van der Waals surface area contributed by atoms with Crippen LogP contribution in [0.25, 0.3) is 0 Å². The van der Waals surface area contributed by atoms with Crippen molar-refractivity contribution >= 4 is 47.0 Å². The van der Waals surface area contributed by atoms with E-state index in [1.54, 1.807) is 26.8 Å². The van der Waals surface area contributed by atoms with Crippen LogP contribution in [0.4, 0.5) is 0 Å². The van der Waals surface area contributed by atoms with Crippen molar-refractivity contribution in [1.29, 1.82) is 0 Å². The van der Waals surface area contributed by atoms with E-state index in [9.17, 15) is 19.2 Å². The number of amides is 2. The summed E-state index contributed by atoms with van der Waals surface area (Å²) in [5.74, 6) is -2.61. The molecule has 0 aliphatic carbocycles. The van der Waals surface area contributed by atoms with Crippen molar-refractivity contribution in [1.82, 2.24) is 10.6 Å². The summed E-state index contributed by atoms with van der Waals surface area (Å²) in [6.07, 6.45) is 0.322. The Hall–Kier alpha value is -2.58. The molecule has 0 spiro atoms. The van der Waals surface area contributed by atoms with Gasteiger partial charge in [-0.05, 0) is 32.4 Å². The molecule has 2 N–H and O–H groups in total. The highest BCUT2D eigenvalue weighted by molar-refractivity contribution is 6.39. The third-order valence-electron chi connectivity index (χ3n) is 4.11. The van der Waals surface area contributed by atoms with Crippen molar-refractivity contribution in [3.63, 3.8) is 0 Å². The van der Waals surface area contributed by atoms with Crippen LogP contribution in [0, 0.1) is 5.92 Å². The fourth-order valence-corrected chi connectivity index (χ4v) is 3.10. The van der Waals surface area contributed by atoms with Gasteiger partial charge < -0.3 is 20.1 Å². The SMILES string of the molecule is C=C(COC(=O)c1c(Cl)cccc1Cl)C(=O)NC(C)CC(C)C(=O)NCC(=O)OCC. The molecule has 0 fully saturated rings. The number of hydrogen-bond acceptors (Lipinski definition) is 6. The van der Waals surface area contributed by atoms with Crippen molar-refractivity contribution < 1.29 is 28.7 Å². The minimum Gasteiger partial charge on any atom is -0.465 e. The van der Waals surface area contributed by atoms with Crippen molar-refractivity contribution in [2.45, 2.75) is 33.2 Å². The third-order valence-corrected chi connectivity index (χ3v) is 4.74. The molecule has 0 aliphatic heterocycles. The maximum absolute atomic E-state index is 12.3. The topological polar surface area (TPSA) is 111 Å². The lowest BCUT2D eigenvalue weighted by Crippen LogP contribution is -2.39. The standard InChI is InChI=1S/C21H26Cl2N2O6/c1-5-30-17(26)10-24-19(27)12(2)9-14(4)25-20(28)13(3)11-31-21(29)18-15(22)7-6-8-16(18)23/h6-8,12,14H,3,5,9-11H2,1-2,4H3,(H,24,27)(H,25,28). The molecule has 2 atom stereocenters. The van der Waals surface area contributed by atoms with E-state index in [0.29, 0.717) is 6.42 Å². The summed E-state index contributed by atoms with van der Waals surface area (Å²) >= 11 is 11.9. The zero-order chi connectivity index (χ0) is 23.6. The van der Waals surface area contributed by atoms with Gasteiger partial charge in [0.25, 0.3) is 0 Å². The van der Waals surface area contributed by atoms with Gasteiger partial charge >= 0.3 is 11.9 Å². The monoisotopic (exact) mass is 472 g/mol. The summed E-state index contributed by atoms with van der Waals surface area (Å²) in [5.41, 5.74) is 0.0258. The Morgan fingerprint density at radius 3 is 2.29 bits per heavy atom. The first kappa shape index (κ1) is 26.5. The maximum atomic E-state index is 12.3. The summed E-state index contributed by atoms with van der Waals surface area (Å²) in [7, 11) is 0. The van der Waals surface area contributed by atoms with Crippen LogP contribution in [-0.2, 0) is 23.9 Å². The van der Waals surface area contributed by atoms with Crippen LogP contribution in [0.2, 0.25) is 10.0 Å². The Kier molecular flexibility index (Phi) is 11.1. The highest BCUT2D eigenvalue weighted by Crippen LogP contribution is 2.25. The quantitative estimate of drug-likeness (QED) is 0.378. The van der Waals surface area contributed by atoms with Crippen LogP contribution in [0.15, 0.2) is 30.4 Å². The maximum Gasteiger partial charge on any atom is 0.341 e. The number of hydrogen-bond donors (Lipinski definition) is 2. The number of halogens is 2. The number of carbonyl (C=O) groups is 4. The predicted octanol–water partition coefficient (Wildman–Crippen LogP) is 2.92. The lowest BCUT2D eigenvalue weighted by atomic mass is 10.0. The van der Waals surface area contributed by atoms with E-state index in [-0.39, 0.29) is 52.9 Å².